The Balaban J connectivity index is 1.65. The van der Waals surface area contributed by atoms with Gasteiger partial charge in [0.1, 0.15) is 5.75 Å². The molecule has 3 amide bonds. The second-order valence-electron chi connectivity index (χ2n) is 5.83. The van der Waals surface area contributed by atoms with Gasteiger partial charge in [-0.25, -0.2) is 9.69 Å². The first kappa shape index (κ1) is 18.7. The highest BCUT2D eigenvalue weighted by Crippen LogP contribution is 2.18. The molecule has 0 aromatic heterocycles. The van der Waals surface area contributed by atoms with Crippen molar-refractivity contribution in [2.75, 3.05) is 19.8 Å². The molecule has 0 bridgehead atoms. The van der Waals surface area contributed by atoms with Crippen LogP contribution in [0.1, 0.15) is 11.6 Å². The maximum Gasteiger partial charge on any atom is 0.417 e. The van der Waals surface area contributed by atoms with E-state index in [1.54, 1.807) is 36.4 Å². The van der Waals surface area contributed by atoms with Gasteiger partial charge in [-0.05, 0) is 29.8 Å². The molecule has 1 unspecified atom stereocenters. The molecular weight excluding hydrogens is 372 g/mol. The Morgan fingerprint density at radius 2 is 1.85 bits per heavy atom. The van der Waals surface area contributed by atoms with Crippen LogP contribution < -0.4 is 10.1 Å². The van der Waals surface area contributed by atoms with E-state index in [9.17, 15) is 14.4 Å². The van der Waals surface area contributed by atoms with Crippen LogP contribution in [0.4, 0.5) is 4.79 Å². The summed E-state index contributed by atoms with van der Waals surface area (Å²) in [4.78, 5) is 36.8. The number of carbonyl (C=O) groups excluding carboxylic acids is 3. The summed E-state index contributed by atoms with van der Waals surface area (Å²) in [6, 6.07) is 15.1. The van der Waals surface area contributed by atoms with Crippen molar-refractivity contribution < 1.29 is 23.9 Å². The van der Waals surface area contributed by atoms with Gasteiger partial charge in [0.25, 0.3) is 11.8 Å². The molecule has 7 nitrogen and oxygen atoms in total. The first-order chi connectivity index (χ1) is 13.0. The molecule has 1 atom stereocenters. The molecule has 140 valence electrons. The monoisotopic (exact) mass is 388 g/mol. The average molecular weight is 389 g/mol. The van der Waals surface area contributed by atoms with Crippen molar-refractivity contribution in [2.24, 2.45) is 0 Å². The van der Waals surface area contributed by atoms with E-state index in [0.29, 0.717) is 10.8 Å². The summed E-state index contributed by atoms with van der Waals surface area (Å²) in [6.07, 6.45) is -0.715. The molecule has 0 radical (unpaired) electrons. The molecule has 1 aliphatic heterocycles. The number of hydrogen-bond acceptors (Lipinski definition) is 5. The van der Waals surface area contributed by atoms with Crippen LogP contribution in [0, 0.1) is 0 Å². The van der Waals surface area contributed by atoms with E-state index in [1.165, 1.54) is 0 Å². The molecule has 1 N–H and O–H groups in total. The van der Waals surface area contributed by atoms with Crippen LogP contribution in [0.2, 0.25) is 5.02 Å². The molecule has 8 heteroatoms. The van der Waals surface area contributed by atoms with Gasteiger partial charge in [-0.15, -0.1) is 0 Å². The van der Waals surface area contributed by atoms with Crippen LogP contribution in [0.5, 0.6) is 5.75 Å². The molecule has 1 fully saturated rings. The van der Waals surface area contributed by atoms with Crippen molar-refractivity contribution in [2.45, 2.75) is 6.04 Å². The van der Waals surface area contributed by atoms with Crippen molar-refractivity contribution >= 4 is 29.5 Å². The predicted octanol–water partition coefficient (Wildman–Crippen LogP) is 2.56. The van der Waals surface area contributed by atoms with Crippen molar-refractivity contribution in [3.05, 3.63) is 65.2 Å². The lowest BCUT2D eigenvalue weighted by atomic mass is 10.1. The van der Waals surface area contributed by atoms with Gasteiger partial charge < -0.3 is 14.8 Å². The van der Waals surface area contributed by atoms with Crippen LogP contribution in [-0.4, -0.2) is 42.6 Å². The number of rotatable bonds is 7. The lowest BCUT2D eigenvalue weighted by Crippen LogP contribution is -2.41. The van der Waals surface area contributed by atoms with Gasteiger partial charge in [0.05, 0.1) is 12.6 Å². The maximum absolute atomic E-state index is 12.3. The summed E-state index contributed by atoms with van der Waals surface area (Å²) >= 11 is 5.81. The van der Waals surface area contributed by atoms with E-state index in [2.05, 4.69) is 5.32 Å². The van der Waals surface area contributed by atoms with E-state index < -0.39 is 18.0 Å². The summed E-state index contributed by atoms with van der Waals surface area (Å²) in [6.45, 7) is -0.522. The molecule has 1 saturated heterocycles. The minimum atomic E-state index is -0.715. The number of cyclic esters (lactones) is 1. The lowest BCUT2D eigenvalue weighted by Gasteiger charge is -2.22. The van der Waals surface area contributed by atoms with Crippen molar-refractivity contribution in [1.82, 2.24) is 10.2 Å². The SMILES string of the molecule is O=C(COc1ccc(Cl)cc1)NC(CN1C(=O)COC1=O)c1ccccc1. The molecule has 0 spiro atoms. The van der Waals surface area contributed by atoms with Crippen LogP contribution >= 0.6 is 11.6 Å². The summed E-state index contributed by atoms with van der Waals surface area (Å²) < 4.78 is 10.2. The fourth-order valence-corrected chi connectivity index (χ4v) is 2.70. The topological polar surface area (TPSA) is 84.9 Å². The molecule has 2 aromatic rings. The van der Waals surface area contributed by atoms with Crippen molar-refractivity contribution in [3.8, 4) is 5.75 Å². The third kappa shape index (κ3) is 4.98. The third-order valence-electron chi connectivity index (χ3n) is 3.93. The quantitative estimate of drug-likeness (QED) is 0.788. The van der Waals surface area contributed by atoms with E-state index >= 15 is 0 Å². The summed E-state index contributed by atoms with van der Waals surface area (Å²) in [5.41, 5.74) is 0.754. The number of amides is 3. The molecule has 0 saturated carbocycles. The smallest absolute Gasteiger partial charge is 0.417 e. The number of benzene rings is 2. The first-order valence-corrected chi connectivity index (χ1v) is 8.60. The fraction of sp³-hybridized carbons (Fsp3) is 0.211. The zero-order chi connectivity index (χ0) is 19.2. The first-order valence-electron chi connectivity index (χ1n) is 8.23. The molecule has 2 aromatic carbocycles. The summed E-state index contributed by atoms with van der Waals surface area (Å²) in [5.74, 6) is -0.324. The zero-order valence-electron chi connectivity index (χ0n) is 14.3. The number of carbonyl (C=O) groups is 3. The summed E-state index contributed by atoms with van der Waals surface area (Å²) in [7, 11) is 0. The number of ether oxygens (including phenoxy) is 2. The zero-order valence-corrected chi connectivity index (χ0v) is 15.0. The molecule has 1 aliphatic rings. The van der Waals surface area contributed by atoms with Crippen LogP contribution in [0.25, 0.3) is 0 Å². The van der Waals surface area contributed by atoms with Gasteiger partial charge in [-0.2, -0.15) is 0 Å². The summed E-state index contributed by atoms with van der Waals surface area (Å²) in [5, 5.41) is 3.36. The molecule has 27 heavy (non-hydrogen) atoms. The van der Waals surface area contributed by atoms with Gasteiger partial charge in [0.2, 0.25) is 0 Å². The second kappa shape index (κ2) is 8.55. The minimum absolute atomic E-state index is 0.0195. The van der Waals surface area contributed by atoms with Crippen molar-refractivity contribution in [1.29, 1.82) is 0 Å². The van der Waals surface area contributed by atoms with Gasteiger partial charge in [0, 0.05) is 5.02 Å². The molecule has 1 heterocycles. The van der Waals surface area contributed by atoms with Crippen LogP contribution in [0.15, 0.2) is 54.6 Å². The number of hydrogen-bond donors (Lipinski definition) is 1. The largest absolute Gasteiger partial charge is 0.484 e. The average Bonchev–Trinajstić information content (AvgIpc) is 2.99. The van der Waals surface area contributed by atoms with Crippen LogP contribution in [0.3, 0.4) is 0 Å². The number of halogens is 1. The normalized spacial score (nSPS) is 14.6. The highest BCUT2D eigenvalue weighted by Gasteiger charge is 2.33. The van der Waals surface area contributed by atoms with Gasteiger partial charge in [-0.1, -0.05) is 41.9 Å². The molecule has 0 aliphatic carbocycles. The Morgan fingerprint density at radius 1 is 1.15 bits per heavy atom. The van der Waals surface area contributed by atoms with Gasteiger partial charge >= 0.3 is 6.09 Å². The highest BCUT2D eigenvalue weighted by atomic mass is 35.5. The molecular formula is C19H17ClN2O5. The van der Waals surface area contributed by atoms with E-state index in [4.69, 9.17) is 21.1 Å². The van der Waals surface area contributed by atoms with Crippen LogP contribution in [-0.2, 0) is 14.3 Å². The number of imide groups is 1. The van der Waals surface area contributed by atoms with Gasteiger partial charge in [-0.3, -0.25) is 9.59 Å². The standard InChI is InChI=1S/C19H17ClN2O5/c20-14-6-8-15(9-7-14)26-11-17(23)21-16(13-4-2-1-3-5-13)10-22-18(24)12-27-19(22)25/h1-9,16H,10-12H2,(H,21,23). The Kier molecular flexibility index (Phi) is 5.93. The Morgan fingerprint density at radius 3 is 2.48 bits per heavy atom. The maximum atomic E-state index is 12.3. The van der Waals surface area contributed by atoms with Gasteiger partial charge in [0.15, 0.2) is 13.2 Å². The Hall–Kier alpha value is -3.06. The second-order valence-corrected chi connectivity index (χ2v) is 6.27. The van der Waals surface area contributed by atoms with E-state index in [0.717, 1.165) is 10.5 Å². The number of nitrogens with one attached hydrogen (secondary N) is 1. The number of nitrogens with zero attached hydrogens (tertiary/aromatic N) is 1. The van der Waals surface area contributed by atoms with Crippen molar-refractivity contribution in [3.63, 3.8) is 0 Å². The Labute approximate surface area is 160 Å². The Bertz CT molecular complexity index is 810. The third-order valence-corrected chi connectivity index (χ3v) is 4.18. The van der Waals surface area contributed by atoms with E-state index in [-0.39, 0.29) is 25.7 Å². The predicted molar refractivity (Wildman–Crippen MR) is 97.3 cm³/mol. The molecule has 3 rings (SSSR count). The highest BCUT2D eigenvalue weighted by molar-refractivity contribution is 6.30. The fourth-order valence-electron chi connectivity index (χ4n) is 2.58. The lowest BCUT2D eigenvalue weighted by molar-refractivity contribution is -0.128. The minimum Gasteiger partial charge on any atom is -0.484 e. The van der Waals surface area contributed by atoms with E-state index in [1.807, 2.05) is 18.2 Å².